The van der Waals surface area contributed by atoms with Crippen LogP contribution in [0.5, 0.6) is 0 Å². The van der Waals surface area contributed by atoms with E-state index >= 15 is 0 Å². The quantitative estimate of drug-likeness (QED) is 0.865. The predicted molar refractivity (Wildman–Crippen MR) is 75.3 cm³/mol. The van der Waals surface area contributed by atoms with Crippen LogP contribution in [0.4, 0.5) is 5.95 Å². The zero-order chi connectivity index (χ0) is 13.3. The van der Waals surface area contributed by atoms with Crippen molar-refractivity contribution in [2.24, 2.45) is 0 Å². The third-order valence-corrected chi connectivity index (χ3v) is 3.50. The Hall–Kier alpha value is -1.16. The summed E-state index contributed by atoms with van der Waals surface area (Å²) < 4.78 is 0. The summed E-state index contributed by atoms with van der Waals surface area (Å²) in [5.41, 5.74) is 3.52. The van der Waals surface area contributed by atoms with Crippen molar-refractivity contribution >= 4 is 5.95 Å². The van der Waals surface area contributed by atoms with Crippen LogP contribution >= 0.6 is 0 Å². The summed E-state index contributed by atoms with van der Waals surface area (Å²) in [5.74, 6) is 1.28. The molecule has 1 unspecified atom stereocenters. The molecule has 0 amide bonds. The van der Waals surface area contributed by atoms with Gasteiger partial charge in [-0.15, -0.1) is 0 Å². The van der Waals surface area contributed by atoms with E-state index in [1.165, 1.54) is 18.4 Å². The van der Waals surface area contributed by atoms with Crippen molar-refractivity contribution in [2.75, 3.05) is 25.5 Å². The van der Waals surface area contributed by atoms with Gasteiger partial charge in [-0.2, -0.15) is 0 Å². The number of nitrogens with zero attached hydrogens (tertiary/aromatic N) is 3. The van der Waals surface area contributed by atoms with E-state index in [1.807, 2.05) is 19.0 Å². The Kier molecular flexibility index (Phi) is 3.85. The molecule has 2 rings (SSSR count). The lowest BCUT2D eigenvalue weighted by molar-refractivity contribution is 0.603. The van der Waals surface area contributed by atoms with Gasteiger partial charge in [0.1, 0.15) is 0 Å². The summed E-state index contributed by atoms with van der Waals surface area (Å²) in [7, 11) is 3.96. The minimum atomic E-state index is 0.474. The molecule has 0 radical (unpaired) electrons. The third kappa shape index (κ3) is 2.99. The van der Waals surface area contributed by atoms with Crippen LogP contribution in [0.25, 0.3) is 0 Å². The highest BCUT2D eigenvalue weighted by Crippen LogP contribution is 2.24. The average Bonchev–Trinajstić information content (AvgIpc) is 3.08. The fourth-order valence-corrected chi connectivity index (χ4v) is 2.35. The zero-order valence-corrected chi connectivity index (χ0v) is 12.1. The first kappa shape index (κ1) is 13.3. The van der Waals surface area contributed by atoms with E-state index in [2.05, 4.69) is 36.1 Å². The summed E-state index contributed by atoms with van der Waals surface area (Å²) in [5, 5.41) is 3.58. The molecular weight excluding hydrogens is 224 g/mol. The molecule has 0 aliphatic heterocycles. The van der Waals surface area contributed by atoms with Crippen LogP contribution in [0.15, 0.2) is 0 Å². The summed E-state index contributed by atoms with van der Waals surface area (Å²) >= 11 is 0. The number of aromatic nitrogens is 2. The van der Waals surface area contributed by atoms with Crippen molar-refractivity contribution < 1.29 is 0 Å². The minimum absolute atomic E-state index is 0.474. The molecule has 1 aromatic rings. The molecule has 1 atom stereocenters. The second-order valence-corrected chi connectivity index (χ2v) is 5.59. The number of hydrogen-bond donors (Lipinski definition) is 1. The molecule has 1 saturated carbocycles. The van der Waals surface area contributed by atoms with Gasteiger partial charge in [-0.3, -0.25) is 0 Å². The zero-order valence-electron chi connectivity index (χ0n) is 12.1. The molecule has 0 spiro atoms. The molecule has 0 bridgehead atoms. The lowest BCUT2D eigenvalue weighted by atomic mass is 9.98. The standard InChI is InChI=1S/C14H24N4/c1-9(8-15-12-6-7-12)13-10(2)16-14(18(4)5)17-11(13)3/h9,12,15H,6-8H2,1-5H3. The van der Waals surface area contributed by atoms with Gasteiger partial charge in [-0.1, -0.05) is 6.92 Å². The SMILES string of the molecule is Cc1nc(N(C)C)nc(C)c1C(C)CNC1CC1. The second kappa shape index (κ2) is 5.22. The highest BCUT2D eigenvalue weighted by molar-refractivity contribution is 5.36. The van der Waals surface area contributed by atoms with E-state index in [1.54, 1.807) is 0 Å². The minimum Gasteiger partial charge on any atom is -0.347 e. The first-order chi connectivity index (χ1) is 8.49. The highest BCUT2D eigenvalue weighted by atomic mass is 15.2. The van der Waals surface area contributed by atoms with Gasteiger partial charge < -0.3 is 10.2 Å². The number of hydrogen-bond acceptors (Lipinski definition) is 4. The van der Waals surface area contributed by atoms with E-state index in [0.717, 1.165) is 29.9 Å². The Morgan fingerprint density at radius 2 is 1.78 bits per heavy atom. The monoisotopic (exact) mass is 248 g/mol. The Morgan fingerprint density at radius 1 is 1.22 bits per heavy atom. The van der Waals surface area contributed by atoms with Gasteiger partial charge >= 0.3 is 0 Å². The number of rotatable bonds is 5. The Labute approximate surface area is 110 Å². The van der Waals surface area contributed by atoms with Crippen LogP contribution in [0.2, 0.25) is 0 Å². The molecular formula is C14H24N4. The normalized spacial score (nSPS) is 16.7. The predicted octanol–water partition coefficient (Wildman–Crippen LogP) is 2.01. The molecule has 1 aromatic heterocycles. The third-order valence-electron chi connectivity index (χ3n) is 3.50. The molecule has 4 heteroatoms. The molecule has 1 heterocycles. The Balaban J connectivity index is 2.15. The van der Waals surface area contributed by atoms with Crippen molar-refractivity contribution in [1.82, 2.24) is 15.3 Å². The first-order valence-corrected chi connectivity index (χ1v) is 6.75. The lowest BCUT2D eigenvalue weighted by Crippen LogP contribution is -2.24. The summed E-state index contributed by atoms with van der Waals surface area (Å²) in [6.07, 6.45) is 2.67. The number of aryl methyl sites for hydroxylation is 2. The van der Waals surface area contributed by atoms with Crippen LogP contribution in [0.1, 0.15) is 42.6 Å². The molecule has 0 aromatic carbocycles. The number of nitrogens with one attached hydrogen (secondary N) is 1. The maximum Gasteiger partial charge on any atom is 0.225 e. The molecule has 0 saturated heterocycles. The molecule has 1 N–H and O–H groups in total. The fourth-order valence-electron chi connectivity index (χ4n) is 2.35. The fraction of sp³-hybridized carbons (Fsp3) is 0.714. The summed E-state index contributed by atoms with van der Waals surface area (Å²) in [6.45, 7) is 7.45. The van der Waals surface area contributed by atoms with Crippen molar-refractivity contribution in [1.29, 1.82) is 0 Å². The van der Waals surface area contributed by atoms with Gasteiger partial charge in [-0.25, -0.2) is 9.97 Å². The van der Waals surface area contributed by atoms with E-state index in [9.17, 15) is 0 Å². The van der Waals surface area contributed by atoms with Crippen LogP contribution < -0.4 is 10.2 Å². The number of anilines is 1. The maximum absolute atomic E-state index is 4.58. The van der Waals surface area contributed by atoms with Gasteiger partial charge in [0.05, 0.1) is 0 Å². The van der Waals surface area contributed by atoms with Crippen molar-refractivity contribution in [3.63, 3.8) is 0 Å². The van der Waals surface area contributed by atoms with Gasteiger partial charge in [0.2, 0.25) is 5.95 Å². The van der Waals surface area contributed by atoms with Gasteiger partial charge in [0.25, 0.3) is 0 Å². The van der Waals surface area contributed by atoms with Crippen molar-refractivity contribution in [3.05, 3.63) is 17.0 Å². The van der Waals surface area contributed by atoms with E-state index in [4.69, 9.17) is 0 Å². The van der Waals surface area contributed by atoms with Crippen molar-refractivity contribution in [3.8, 4) is 0 Å². The molecule has 1 aliphatic rings. The van der Waals surface area contributed by atoms with E-state index in [0.29, 0.717) is 5.92 Å². The van der Waals surface area contributed by atoms with Crippen LogP contribution in [0.3, 0.4) is 0 Å². The van der Waals surface area contributed by atoms with E-state index in [-0.39, 0.29) is 0 Å². The van der Waals surface area contributed by atoms with Crippen LogP contribution in [-0.4, -0.2) is 36.6 Å². The molecule has 4 nitrogen and oxygen atoms in total. The second-order valence-electron chi connectivity index (χ2n) is 5.59. The van der Waals surface area contributed by atoms with Gasteiger partial charge in [0.15, 0.2) is 0 Å². The maximum atomic E-state index is 4.58. The average molecular weight is 248 g/mol. The van der Waals surface area contributed by atoms with Crippen LogP contribution in [0, 0.1) is 13.8 Å². The molecule has 1 aliphatic carbocycles. The first-order valence-electron chi connectivity index (χ1n) is 6.75. The van der Waals surface area contributed by atoms with E-state index < -0.39 is 0 Å². The van der Waals surface area contributed by atoms with Gasteiger partial charge in [-0.05, 0) is 38.2 Å². The Bertz CT molecular complexity index is 401. The topological polar surface area (TPSA) is 41.1 Å². The molecule has 100 valence electrons. The molecule has 18 heavy (non-hydrogen) atoms. The Morgan fingerprint density at radius 3 is 2.22 bits per heavy atom. The summed E-state index contributed by atoms with van der Waals surface area (Å²) in [4.78, 5) is 11.1. The largest absolute Gasteiger partial charge is 0.347 e. The molecule has 1 fully saturated rings. The smallest absolute Gasteiger partial charge is 0.225 e. The lowest BCUT2D eigenvalue weighted by Gasteiger charge is -2.19. The van der Waals surface area contributed by atoms with Crippen LogP contribution in [-0.2, 0) is 0 Å². The van der Waals surface area contributed by atoms with Crippen molar-refractivity contribution in [2.45, 2.75) is 45.6 Å². The summed E-state index contributed by atoms with van der Waals surface area (Å²) in [6, 6.07) is 0.759. The van der Waals surface area contributed by atoms with Gasteiger partial charge in [0, 0.05) is 38.1 Å². The highest BCUT2D eigenvalue weighted by Gasteiger charge is 2.22.